The van der Waals surface area contributed by atoms with E-state index in [4.69, 9.17) is 4.74 Å². The van der Waals surface area contributed by atoms with Crippen LogP contribution in [0.1, 0.15) is 31.9 Å². The van der Waals surface area contributed by atoms with E-state index < -0.39 is 21.9 Å². The largest absolute Gasteiger partial charge is 0.443 e. The lowest BCUT2D eigenvalue weighted by Crippen LogP contribution is -2.42. The van der Waals surface area contributed by atoms with E-state index in [2.05, 4.69) is 0 Å². The zero-order valence-electron chi connectivity index (χ0n) is 13.1. The van der Waals surface area contributed by atoms with Crippen molar-refractivity contribution in [3.05, 3.63) is 23.3 Å². The summed E-state index contributed by atoms with van der Waals surface area (Å²) in [7, 11) is -2.51. The molecule has 1 aromatic rings. The quantitative estimate of drug-likeness (QED) is 0.739. The number of benzene rings is 1. The van der Waals surface area contributed by atoms with E-state index in [1.165, 1.54) is 7.05 Å². The zero-order valence-corrected chi connectivity index (χ0v) is 13.9. The number of hydrogen-bond acceptors (Lipinski definition) is 4. The van der Waals surface area contributed by atoms with Crippen LogP contribution in [0.2, 0.25) is 0 Å². The predicted molar refractivity (Wildman–Crippen MR) is 82.0 cm³/mol. The number of carbonyl (C=O) groups excluding carboxylic acids is 1. The Kier molecular flexibility index (Phi) is 3.44. The first-order valence-electron chi connectivity index (χ1n) is 6.58. The standard InChI is InChI=1S/C14H20N2O4S/c1-9-7-11-12(8-10(9)2)16(21(18,19)15(11)6)13(17)20-14(3,4)5/h7-8H,1-6H3. The summed E-state index contributed by atoms with van der Waals surface area (Å²) in [6.07, 6.45) is -0.892. The Balaban J connectivity index is 2.58. The Morgan fingerprint density at radius 3 is 2.05 bits per heavy atom. The third kappa shape index (κ3) is 2.57. The van der Waals surface area contributed by atoms with Crippen LogP contribution in [0.3, 0.4) is 0 Å². The Bertz CT molecular complexity index is 704. The summed E-state index contributed by atoms with van der Waals surface area (Å²) in [6, 6.07) is 3.45. The summed E-state index contributed by atoms with van der Waals surface area (Å²) < 4.78 is 31.9. The lowest BCUT2D eigenvalue weighted by Gasteiger charge is -2.24. The minimum atomic E-state index is -3.94. The van der Waals surface area contributed by atoms with Crippen LogP contribution in [0, 0.1) is 13.8 Å². The smallest absolute Gasteiger partial charge is 0.430 e. The van der Waals surface area contributed by atoms with Crippen LogP contribution in [0.25, 0.3) is 0 Å². The van der Waals surface area contributed by atoms with Gasteiger partial charge in [0, 0.05) is 7.05 Å². The molecule has 21 heavy (non-hydrogen) atoms. The van der Waals surface area contributed by atoms with Gasteiger partial charge >= 0.3 is 16.3 Å². The van der Waals surface area contributed by atoms with Gasteiger partial charge in [-0.3, -0.25) is 4.31 Å². The molecular weight excluding hydrogens is 292 g/mol. The van der Waals surface area contributed by atoms with Gasteiger partial charge in [-0.05, 0) is 57.9 Å². The SMILES string of the molecule is Cc1cc2c(cc1C)N(C(=O)OC(C)(C)C)S(=O)(=O)N2C. The summed E-state index contributed by atoms with van der Waals surface area (Å²) in [5.41, 5.74) is 1.90. The molecule has 2 rings (SSSR count). The van der Waals surface area contributed by atoms with Crippen molar-refractivity contribution in [3.63, 3.8) is 0 Å². The normalized spacial score (nSPS) is 16.9. The van der Waals surface area contributed by atoms with Gasteiger partial charge in [-0.1, -0.05) is 0 Å². The average molecular weight is 312 g/mol. The Labute approximate surface area is 125 Å². The van der Waals surface area contributed by atoms with Gasteiger partial charge < -0.3 is 4.74 Å². The number of rotatable bonds is 0. The number of hydrogen-bond donors (Lipinski definition) is 0. The van der Waals surface area contributed by atoms with E-state index in [9.17, 15) is 13.2 Å². The first kappa shape index (κ1) is 15.6. The van der Waals surface area contributed by atoms with Crippen molar-refractivity contribution >= 4 is 27.7 Å². The van der Waals surface area contributed by atoms with Gasteiger partial charge in [-0.25, -0.2) is 4.79 Å². The second-order valence-electron chi connectivity index (χ2n) is 6.15. The summed E-state index contributed by atoms with van der Waals surface area (Å²) in [6.45, 7) is 8.84. The summed E-state index contributed by atoms with van der Waals surface area (Å²) in [4.78, 5) is 12.3. The molecule has 1 aliphatic rings. The maximum absolute atomic E-state index is 12.5. The van der Waals surface area contributed by atoms with Gasteiger partial charge in [0.1, 0.15) is 5.60 Å². The highest BCUT2D eigenvalue weighted by Gasteiger charge is 2.44. The monoisotopic (exact) mass is 312 g/mol. The van der Waals surface area contributed by atoms with E-state index in [1.807, 2.05) is 13.8 Å². The lowest BCUT2D eigenvalue weighted by atomic mass is 10.1. The lowest BCUT2D eigenvalue weighted by molar-refractivity contribution is 0.0610. The van der Waals surface area contributed by atoms with Crippen LogP contribution in [0.15, 0.2) is 12.1 Å². The minimum absolute atomic E-state index is 0.329. The third-order valence-corrected chi connectivity index (χ3v) is 4.98. The Hall–Kier alpha value is -1.76. The fourth-order valence-electron chi connectivity index (χ4n) is 2.07. The van der Waals surface area contributed by atoms with E-state index in [-0.39, 0.29) is 0 Å². The van der Waals surface area contributed by atoms with Crippen LogP contribution in [0.5, 0.6) is 0 Å². The highest BCUT2D eigenvalue weighted by molar-refractivity contribution is 7.95. The molecule has 0 spiro atoms. The van der Waals surface area contributed by atoms with E-state index >= 15 is 0 Å². The molecule has 0 fully saturated rings. The van der Waals surface area contributed by atoms with Gasteiger partial charge in [-0.2, -0.15) is 12.7 Å². The van der Waals surface area contributed by atoms with Gasteiger partial charge in [0.25, 0.3) is 0 Å². The first-order valence-corrected chi connectivity index (χ1v) is 7.98. The maximum Gasteiger partial charge on any atom is 0.430 e. The summed E-state index contributed by atoms with van der Waals surface area (Å²) in [5, 5.41) is 0. The van der Waals surface area contributed by atoms with Gasteiger partial charge in [0.15, 0.2) is 0 Å². The highest BCUT2D eigenvalue weighted by atomic mass is 32.2. The van der Waals surface area contributed by atoms with Crippen LogP contribution in [0.4, 0.5) is 16.2 Å². The van der Waals surface area contributed by atoms with Crippen molar-refractivity contribution in [1.29, 1.82) is 0 Å². The molecule has 1 heterocycles. The molecular formula is C14H20N2O4S. The molecule has 0 N–H and O–H groups in total. The molecule has 0 radical (unpaired) electrons. The predicted octanol–water partition coefficient (Wildman–Crippen LogP) is 2.74. The van der Waals surface area contributed by atoms with Crippen LogP contribution < -0.4 is 8.61 Å². The Morgan fingerprint density at radius 1 is 1.10 bits per heavy atom. The number of nitrogens with zero attached hydrogens (tertiary/aromatic N) is 2. The number of fused-ring (bicyclic) bond motifs is 1. The molecule has 0 bridgehead atoms. The molecule has 0 saturated carbocycles. The average Bonchev–Trinajstić information content (AvgIpc) is 2.47. The maximum atomic E-state index is 12.5. The van der Waals surface area contributed by atoms with E-state index in [0.29, 0.717) is 11.4 Å². The third-order valence-electron chi connectivity index (χ3n) is 3.29. The Morgan fingerprint density at radius 2 is 1.57 bits per heavy atom. The second-order valence-corrected chi connectivity index (χ2v) is 7.95. The van der Waals surface area contributed by atoms with Crippen molar-refractivity contribution in [1.82, 2.24) is 0 Å². The van der Waals surface area contributed by atoms with Crippen molar-refractivity contribution in [2.75, 3.05) is 15.7 Å². The number of aryl methyl sites for hydroxylation is 2. The molecule has 0 unspecified atom stereocenters. The summed E-state index contributed by atoms with van der Waals surface area (Å²) >= 11 is 0. The topological polar surface area (TPSA) is 66.9 Å². The molecule has 1 amide bonds. The van der Waals surface area contributed by atoms with Gasteiger partial charge in [0.05, 0.1) is 11.4 Å². The first-order chi connectivity index (χ1) is 9.45. The van der Waals surface area contributed by atoms with E-state index in [0.717, 1.165) is 19.7 Å². The second kappa shape index (κ2) is 4.62. The van der Waals surface area contributed by atoms with Crippen molar-refractivity contribution < 1.29 is 17.9 Å². The molecule has 6 nitrogen and oxygen atoms in total. The fraction of sp³-hybridized carbons (Fsp3) is 0.500. The number of ether oxygens (including phenoxy) is 1. The number of anilines is 2. The van der Waals surface area contributed by atoms with Gasteiger partial charge in [0.2, 0.25) is 0 Å². The minimum Gasteiger partial charge on any atom is -0.443 e. The number of amides is 1. The van der Waals surface area contributed by atoms with Crippen LogP contribution in [-0.4, -0.2) is 27.2 Å². The number of carbonyl (C=O) groups is 1. The van der Waals surface area contributed by atoms with Crippen LogP contribution in [-0.2, 0) is 14.9 Å². The molecule has 0 aromatic heterocycles. The van der Waals surface area contributed by atoms with Crippen LogP contribution >= 0.6 is 0 Å². The molecule has 7 heteroatoms. The van der Waals surface area contributed by atoms with Crippen molar-refractivity contribution in [2.24, 2.45) is 0 Å². The highest BCUT2D eigenvalue weighted by Crippen LogP contribution is 2.42. The molecule has 0 atom stereocenters. The summed E-state index contributed by atoms with van der Waals surface area (Å²) in [5.74, 6) is 0. The molecule has 1 aliphatic heterocycles. The molecule has 116 valence electrons. The fourth-order valence-corrected chi connectivity index (χ4v) is 3.33. The molecule has 1 aromatic carbocycles. The molecule has 0 saturated heterocycles. The van der Waals surface area contributed by atoms with Crippen molar-refractivity contribution in [3.8, 4) is 0 Å². The van der Waals surface area contributed by atoms with Gasteiger partial charge in [-0.15, -0.1) is 0 Å². The molecule has 0 aliphatic carbocycles. The van der Waals surface area contributed by atoms with Crippen molar-refractivity contribution in [2.45, 2.75) is 40.2 Å². The van der Waals surface area contributed by atoms with E-state index in [1.54, 1.807) is 32.9 Å². The zero-order chi connectivity index (χ0) is 16.2.